The second-order valence-electron chi connectivity index (χ2n) is 21.4. The van der Waals surface area contributed by atoms with Gasteiger partial charge < -0.3 is 9.80 Å². The highest BCUT2D eigenvalue weighted by Gasteiger charge is 2.38. The van der Waals surface area contributed by atoms with Crippen molar-refractivity contribution in [2.24, 2.45) is 11.8 Å². The predicted octanol–water partition coefficient (Wildman–Crippen LogP) is 17.3. The molecule has 14 rings (SSSR count). The molecule has 8 aliphatic rings. The smallest absolute Gasteiger partial charge is 0.0497 e. The van der Waals surface area contributed by atoms with Gasteiger partial charge in [0.2, 0.25) is 0 Å². The number of hydrogen-bond acceptors (Lipinski definition) is 2. The maximum absolute atomic E-state index is 2.67. The van der Waals surface area contributed by atoms with Crippen molar-refractivity contribution in [2.75, 3.05) is 9.80 Å². The van der Waals surface area contributed by atoms with Gasteiger partial charge in [0.05, 0.1) is 0 Å². The first-order valence-corrected chi connectivity index (χ1v) is 25.8. The molecular weight excluding hydrogens is 833 g/mol. The first-order chi connectivity index (χ1) is 33.9. The molecule has 0 saturated carbocycles. The molecule has 2 heteroatoms. The Balaban J connectivity index is 0.785. The zero-order valence-corrected chi connectivity index (χ0v) is 39.9. The van der Waals surface area contributed by atoms with E-state index in [2.05, 4.69) is 206 Å². The molecule has 2 nitrogen and oxygen atoms in total. The molecule has 0 aromatic heterocycles. The van der Waals surface area contributed by atoms with Crippen LogP contribution in [0.1, 0.15) is 103 Å². The summed E-state index contributed by atoms with van der Waals surface area (Å²) in [5, 5.41) is 2.64. The van der Waals surface area contributed by atoms with Crippen LogP contribution in [0.4, 0.5) is 22.7 Å². The van der Waals surface area contributed by atoms with Crippen LogP contribution < -0.4 is 9.80 Å². The Hall–Kier alpha value is -7.16. The fraction of sp³-hybridized carbons (Fsp3) is 0.224. The number of nitrogens with zero attached hydrogens (tertiary/aromatic N) is 2. The number of allylic oxidation sites excluding steroid dienone is 15. The highest BCUT2D eigenvalue weighted by Crippen LogP contribution is 2.53. The van der Waals surface area contributed by atoms with Gasteiger partial charge in [0.15, 0.2) is 0 Å². The van der Waals surface area contributed by atoms with E-state index in [-0.39, 0.29) is 5.41 Å². The number of benzene rings is 6. The van der Waals surface area contributed by atoms with Crippen molar-refractivity contribution in [3.8, 4) is 11.1 Å². The average molecular weight is 891 g/mol. The van der Waals surface area contributed by atoms with E-state index in [1.54, 1.807) is 0 Å². The van der Waals surface area contributed by atoms with Crippen molar-refractivity contribution < 1.29 is 0 Å². The van der Waals surface area contributed by atoms with Gasteiger partial charge in [-0.3, -0.25) is 0 Å². The average Bonchev–Trinajstić information content (AvgIpc) is 3.47. The van der Waals surface area contributed by atoms with Gasteiger partial charge >= 0.3 is 0 Å². The van der Waals surface area contributed by atoms with Gasteiger partial charge in [-0.05, 0) is 207 Å². The Kier molecular flexibility index (Phi) is 9.45. The van der Waals surface area contributed by atoms with Crippen molar-refractivity contribution in [3.05, 3.63) is 242 Å². The lowest BCUT2D eigenvalue weighted by atomic mass is 9.79. The van der Waals surface area contributed by atoms with Gasteiger partial charge in [0, 0.05) is 45.5 Å². The molecule has 0 bridgehead atoms. The Morgan fingerprint density at radius 2 is 1.22 bits per heavy atom. The standard InChI is InChI=1S/C67H58N2/c1-67(2)61-33-44(20-19-43-21-28-57(29-22-43)68-63-38-49-15-7-3-11-45(49)34-53(63)24-25-54-35-46-12-4-8-16-50(46)39-64(54)68)23-31-59(61)60-32-30-58(42-62(60)67)69-65-40-51-17-9-5-13-47(51)36-55(65)26-27-56-37-48-14-6-10-18-52(48)41-66(56)69/h3-7,9,11-15,17,19-23,28-37,39-40,42,49,52H,8,10,16,18,24-27,38,41H2,1-2H3/b20-19+. The fourth-order valence-electron chi connectivity index (χ4n) is 13.3. The largest absolute Gasteiger partial charge is 0.314 e. The van der Waals surface area contributed by atoms with E-state index in [0.29, 0.717) is 11.8 Å². The molecule has 2 heterocycles. The number of hydrogen-bond donors (Lipinski definition) is 0. The molecule has 6 aromatic rings. The van der Waals surface area contributed by atoms with Crippen LogP contribution in [-0.4, -0.2) is 0 Å². The van der Waals surface area contributed by atoms with Crippen molar-refractivity contribution in [3.63, 3.8) is 0 Å². The van der Waals surface area contributed by atoms with Crippen molar-refractivity contribution in [2.45, 2.75) is 83.5 Å². The van der Waals surface area contributed by atoms with Crippen LogP contribution in [0.15, 0.2) is 198 Å². The van der Waals surface area contributed by atoms with Crippen LogP contribution in [0.5, 0.6) is 0 Å². The van der Waals surface area contributed by atoms with E-state index < -0.39 is 0 Å². The summed E-state index contributed by atoms with van der Waals surface area (Å²) >= 11 is 0. The Bertz CT molecular complexity index is 3480. The number of anilines is 4. The maximum Gasteiger partial charge on any atom is 0.0497 e. The highest BCUT2D eigenvalue weighted by atomic mass is 15.2. The maximum atomic E-state index is 2.67. The molecule has 2 aliphatic heterocycles. The van der Waals surface area contributed by atoms with E-state index in [1.165, 1.54) is 136 Å². The van der Waals surface area contributed by atoms with Gasteiger partial charge in [-0.25, -0.2) is 0 Å². The Labute approximate surface area is 408 Å². The van der Waals surface area contributed by atoms with Crippen LogP contribution in [0.3, 0.4) is 0 Å². The summed E-state index contributed by atoms with van der Waals surface area (Å²) < 4.78 is 0. The second kappa shape index (κ2) is 16.0. The highest BCUT2D eigenvalue weighted by molar-refractivity contribution is 5.92. The number of fused-ring (bicyclic) bond motifs is 9. The van der Waals surface area contributed by atoms with E-state index >= 15 is 0 Å². The van der Waals surface area contributed by atoms with Gasteiger partial charge in [-0.1, -0.05) is 147 Å². The first-order valence-electron chi connectivity index (χ1n) is 25.8. The van der Waals surface area contributed by atoms with Gasteiger partial charge in [-0.15, -0.1) is 0 Å². The van der Waals surface area contributed by atoms with Gasteiger partial charge in [-0.2, -0.15) is 0 Å². The zero-order chi connectivity index (χ0) is 45.8. The molecule has 0 fully saturated rings. The van der Waals surface area contributed by atoms with Crippen molar-refractivity contribution >= 4 is 51.8 Å². The molecule has 0 amide bonds. The summed E-state index contributed by atoms with van der Waals surface area (Å²) in [5.41, 5.74) is 27.8. The number of aryl methyl sites for hydroxylation is 3. The van der Waals surface area contributed by atoms with Crippen LogP contribution >= 0.6 is 0 Å². The van der Waals surface area contributed by atoms with E-state index in [9.17, 15) is 0 Å². The van der Waals surface area contributed by atoms with Crippen LogP contribution in [0.25, 0.3) is 40.1 Å². The predicted molar refractivity (Wildman–Crippen MR) is 291 cm³/mol. The molecule has 6 aliphatic carbocycles. The van der Waals surface area contributed by atoms with E-state index in [1.807, 2.05) is 0 Å². The van der Waals surface area contributed by atoms with Crippen molar-refractivity contribution in [1.82, 2.24) is 0 Å². The number of rotatable bonds is 4. The van der Waals surface area contributed by atoms with Gasteiger partial charge in [0.25, 0.3) is 0 Å². The minimum Gasteiger partial charge on any atom is -0.314 e. The Morgan fingerprint density at radius 1 is 0.536 bits per heavy atom. The Morgan fingerprint density at radius 3 is 2.07 bits per heavy atom. The third-order valence-corrected chi connectivity index (χ3v) is 17.0. The lowest BCUT2D eigenvalue weighted by Crippen LogP contribution is -2.24. The summed E-state index contributed by atoms with van der Waals surface area (Å²) in [4.78, 5) is 5.29. The summed E-state index contributed by atoms with van der Waals surface area (Å²) in [6, 6.07) is 42.7. The molecule has 336 valence electrons. The van der Waals surface area contributed by atoms with Crippen LogP contribution in [0.2, 0.25) is 0 Å². The quantitative estimate of drug-likeness (QED) is 0.163. The molecule has 2 unspecified atom stereocenters. The molecule has 0 N–H and O–H groups in total. The first kappa shape index (κ1) is 40.9. The third kappa shape index (κ3) is 6.81. The molecule has 2 atom stereocenters. The zero-order valence-electron chi connectivity index (χ0n) is 39.9. The fourth-order valence-corrected chi connectivity index (χ4v) is 13.3. The molecule has 0 saturated heterocycles. The topological polar surface area (TPSA) is 6.48 Å². The lowest BCUT2D eigenvalue weighted by molar-refractivity contribution is 0.542. The third-order valence-electron chi connectivity index (χ3n) is 17.0. The lowest BCUT2D eigenvalue weighted by Gasteiger charge is -2.36. The summed E-state index contributed by atoms with van der Waals surface area (Å²) in [7, 11) is 0. The monoisotopic (exact) mass is 890 g/mol. The van der Waals surface area contributed by atoms with E-state index in [4.69, 9.17) is 0 Å². The molecule has 0 radical (unpaired) electrons. The van der Waals surface area contributed by atoms with Gasteiger partial charge in [0.1, 0.15) is 0 Å². The molecular formula is C67H58N2. The summed E-state index contributed by atoms with van der Waals surface area (Å²) in [6.45, 7) is 4.87. The molecule has 6 aromatic carbocycles. The molecule has 0 spiro atoms. The summed E-state index contributed by atoms with van der Waals surface area (Å²) in [6.07, 6.45) is 39.3. The van der Waals surface area contributed by atoms with E-state index in [0.717, 1.165) is 51.4 Å². The summed E-state index contributed by atoms with van der Waals surface area (Å²) in [5.74, 6) is 1.01. The van der Waals surface area contributed by atoms with Crippen LogP contribution in [0, 0.1) is 11.8 Å². The normalized spacial score (nSPS) is 21.3. The minimum absolute atomic E-state index is 0.152. The van der Waals surface area contributed by atoms with Crippen LogP contribution in [-0.2, 0) is 24.7 Å². The SMILES string of the molecule is CC1(C)c2cc(/C=C/c3ccc(N4C5=C(C=C6C=CC=CC6C5)CCc5cc6c(cc54)CCC=C6)cc3)ccc2-c2ccc(N3C4=C(C=C5C=CCCC5C4)CCc4cc5ccccc5cc43)cc21. The van der Waals surface area contributed by atoms with Crippen molar-refractivity contribution in [1.29, 1.82) is 0 Å². The molecule has 69 heavy (non-hydrogen) atoms. The minimum atomic E-state index is -0.152. The second-order valence-corrected chi connectivity index (χ2v) is 21.4.